The summed E-state index contributed by atoms with van der Waals surface area (Å²) in [5, 5.41) is 3.00. The lowest BCUT2D eigenvalue weighted by Crippen LogP contribution is -2.35. The molecule has 7 heteroatoms. The summed E-state index contributed by atoms with van der Waals surface area (Å²) in [5.41, 5.74) is 8.28. The summed E-state index contributed by atoms with van der Waals surface area (Å²) in [7, 11) is 0. The van der Waals surface area contributed by atoms with Crippen molar-refractivity contribution in [2.45, 2.75) is 32.4 Å². The van der Waals surface area contributed by atoms with Gasteiger partial charge in [-0.15, -0.1) is 24.8 Å². The molecule has 0 radical (unpaired) electrons. The van der Waals surface area contributed by atoms with E-state index in [0.29, 0.717) is 6.54 Å². The molecule has 5 nitrogen and oxygen atoms in total. The van der Waals surface area contributed by atoms with Crippen molar-refractivity contribution in [3.63, 3.8) is 0 Å². The van der Waals surface area contributed by atoms with Gasteiger partial charge in [0.15, 0.2) is 0 Å². The van der Waals surface area contributed by atoms with Crippen molar-refractivity contribution < 1.29 is 4.79 Å². The molecule has 2 aromatic rings. The highest BCUT2D eigenvalue weighted by Gasteiger charge is 2.22. The van der Waals surface area contributed by atoms with Gasteiger partial charge in [-0.3, -0.25) is 4.79 Å². The maximum absolute atomic E-state index is 12.5. The number of pyridine rings is 1. The number of carbonyl (C=O) groups excluding carboxylic acids is 1. The number of hydrogen-bond donors (Lipinski definition) is 2. The van der Waals surface area contributed by atoms with E-state index in [0.717, 1.165) is 30.0 Å². The lowest BCUT2D eigenvalue weighted by atomic mass is 9.94. The quantitative estimate of drug-likeness (QED) is 0.764. The molecule has 1 fully saturated rings. The van der Waals surface area contributed by atoms with Gasteiger partial charge in [0.1, 0.15) is 5.82 Å². The van der Waals surface area contributed by atoms with Gasteiger partial charge in [-0.05, 0) is 36.1 Å². The number of hydrogen-bond acceptors (Lipinski definition) is 4. The first kappa shape index (κ1) is 23.2. The van der Waals surface area contributed by atoms with Gasteiger partial charge in [0.25, 0.3) is 0 Å². The van der Waals surface area contributed by atoms with E-state index in [9.17, 15) is 4.79 Å². The molecule has 1 aliphatic heterocycles. The number of anilines is 1. The average Bonchev–Trinajstić information content (AvgIpc) is 3.20. The Kier molecular flexibility index (Phi) is 9.56. The van der Waals surface area contributed by atoms with Crippen molar-refractivity contribution in [2.75, 3.05) is 18.0 Å². The standard InChI is InChI=1S/C20H26N4O.2ClH/c1-15(19(21)17-7-3-2-4-8-17)20(25)23-14-16-9-10-22-18(13-16)24-11-5-6-12-24;;/h2-4,7-10,13,15,19H,5-6,11-12,14,21H2,1H3,(H,23,25);2*1H. The molecule has 1 aromatic heterocycles. The van der Waals surface area contributed by atoms with Crippen LogP contribution in [0.2, 0.25) is 0 Å². The predicted octanol–water partition coefficient (Wildman–Crippen LogP) is 3.48. The fourth-order valence-corrected chi connectivity index (χ4v) is 3.17. The predicted molar refractivity (Wildman–Crippen MR) is 115 cm³/mol. The van der Waals surface area contributed by atoms with Gasteiger partial charge in [-0.25, -0.2) is 4.98 Å². The minimum absolute atomic E-state index is 0. The van der Waals surface area contributed by atoms with Crippen LogP contribution in [0.3, 0.4) is 0 Å². The lowest BCUT2D eigenvalue weighted by Gasteiger charge is -2.20. The molecule has 0 saturated carbocycles. The number of nitrogens with two attached hydrogens (primary N) is 1. The molecule has 0 bridgehead atoms. The number of nitrogens with zero attached hydrogens (tertiary/aromatic N) is 2. The molecule has 2 atom stereocenters. The molecule has 2 heterocycles. The third-order valence-corrected chi connectivity index (χ3v) is 4.84. The van der Waals surface area contributed by atoms with Crippen LogP contribution >= 0.6 is 24.8 Å². The number of rotatable bonds is 6. The highest BCUT2D eigenvalue weighted by Crippen LogP contribution is 2.20. The second-order valence-electron chi connectivity index (χ2n) is 6.66. The first-order valence-electron chi connectivity index (χ1n) is 8.93. The summed E-state index contributed by atoms with van der Waals surface area (Å²) in [6.45, 7) is 4.49. The van der Waals surface area contributed by atoms with Gasteiger partial charge < -0.3 is 16.0 Å². The Balaban J connectivity index is 0.00000182. The SMILES string of the molecule is CC(C(=O)NCc1ccnc(N2CCCC2)c1)C(N)c1ccccc1.Cl.Cl. The minimum Gasteiger partial charge on any atom is -0.357 e. The highest BCUT2D eigenvalue weighted by atomic mass is 35.5. The topological polar surface area (TPSA) is 71.2 Å². The van der Waals surface area contributed by atoms with Crippen LogP contribution in [0, 0.1) is 5.92 Å². The fourth-order valence-electron chi connectivity index (χ4n) is 3.17. The maximum Gasteiger partial charge on any atom is 0.225 e. The first-order valence-corrected chi connectivity index (χ1v) is 8.93. The second-order valence-corrected chi connectivity index (χ2v) is 6.66. The number of halogens is 2. The lowest BCUT2D eigenvalue weighted by molar-refractivity contribution is -0.125. The maximum atomic E-state index is 12.5. The van der Waals surface area contributed by atoms with Crippen LogP contribution in [0.15, 0.2) is 48.7 Å². The number of aromatic nitrogens is 1. The normalized spacial score (nSPS) is 15.3. The monoisotopic (exact) mass is 410 g/mol. The van der Waals surface area contributed by atoms with Gasteiger partial charge in [-0.2, -0.15) is 0 Å². The summed E-state index contributed by atoms with van der Waals surface area (Å²) in [6, 6.07) is 13.4. The third kappa shape index (κ3) is 6.09. The molecule has 27 heavy (non-hydrogen) atoms. The van der Waals surface area contributed by atoms with Crippen molar-refractivity contribution in [2.24, 2.45) is 11.7 Å². The van der Waals surface area contributed by atoms with E-state index < -0.39 is 0 Å². The average molecular weight is 411 g/mol. The molecule has 1 saturated heterocycles. The van der Waals surface area contributed by atoms with Crippen molar-refractivity contribution in [1.29, 1.82) is 0 Å². The fraction of sp³-hybridized carbons (Fsp3) is 0.400. The summed E-state index contributed by atoms with van der Waals surface area (Å²) in [6.07, 6.45) is 4.25. The number of carbonyl (C=O) groups is 1. The van der Waals surface area contributed by atoms with Crippen LogP contribution in [0.5, 0.6) is 0 Å². The zero-order chi connectivity index (χ0) is 17.6. The van der Waals surface area contributed by atoms with Crippen LogP contribution in [0.1, 0.15) is 36.9 Å². The number of benzene rings is 1. The Bertz CT molecular complexity index is 708. The van der Waals surface area contributed by atoms with Gasteiger partial charge >= 0.3 is 0 Å². The molecular formula is C20H28Cl2N4O. The van der Waals surface area contributed by atoms with Crippen molar-refractivity contribution >= 4 is 36.5 Å². The zero-order valence-electron chi connectivity index (χ0n) is 15.5. The summed E-state index contributed by atoms with van der Waals surface area (Å²) in [4.78, 5) is 19.2. The summed E-state index contributed by atoms with van der Waals surface area (Å²) in [5.74, 6) is 0.677. The summed E-state index contributed by atoms with van der Waals surface area (Å²) < 4.78 is 0. The Morgan fingerprint density at radius 3 is 2.52 bits per heavy atom. The Hall–Kier alpha value is -1.82. The Morgan fingerprint density at radius 2 is 1.85 bits per heavy atom. The van der Waals surface area contributed by atoms with Gasteiger partial charge in [0, 0.05) is 31.9 Å². The Labute approximate surface area is 173 Å². The van der Waals surface area contributed by atoms with Gasteiger partial charge in [0.2, 0.25) is 5.91 Å². The van der Waals surface area contributed by atoms with Crippen molar-refractivity contribution in [3.05, 3.63) is 59.8 Å². The van der Waals surface area contributed by atoms with E-state index in [4.69, 9.17) is 5.73 Å². The third-order valence-electron chi connectivity index (χ3n) is 4.84. The van der Waals surface area contributed by atoms with Gasteiger partial charge in [0.05, 0.1) is 5.92 Å². The minimum atomic E-state index is -0.307. The van der Waals surface area contributed by atoms with E-state index in [1.807, 2.05) is 49.5 Å². The highest BCUT2D eigenvalue weighted by molar-refractivity contribution is 5.85. The van der Waals surface area contributed by atoms with Crippen LogP contribution in [-0.4, -0.2) is 24.0 Å². The molecule has 1 aromatic carbocycles. The largest absolute Gasteiger partial charge is 0.357 e. The molecule has 0 aliphatic carbocycles. The molecule has 1 amide bonds. The molecule has 148 valence electrons. The van der Waals surface area contributed by atoms with Gasteiger partial charge in [-0.1, -0.05) is 37.3 Å². The molecule has 3 N–H and O–H groups in total. The van der Waals surface area contributed by atoms with Crippen LogP contribution < -0.4 is 16.0 Å². The molecule has 2 unspecified atom stereocenters. The van der Waals surface area contributed by atoms with E-state index >= 15 is 0 Å². The van der Waals surface area contributed by atoms with E-state index in [-0.39, 0.29) is 42.7 Å². The molecule has 1 aliphatic rings. The van der Waals surface area contributed by atoms with Crippen LogP contribution in [0.25, 0.3) is 0 Å². The van der Waals surface area contributed by atoms with E-state index in [1.54, 1.807) is 0 Å². The summed E-state index contributed by atoms with van der Waals surface area (Å²) >= 11 is 0. The molecule has 3 rings (SSSR count). The Morgan fingerprint density at radius 1 is 1.19 bits per heavy atom. The zero-order valence-corrected chi connectivity index (χ0v) is 17.1. The molecule has 0 spiro atoms. The molecular weight excluding hydrogens is 383 g/mol. The number of amides is 1. The van der Waals surface area contributed by atoms with Crippen LogP contribution in [0.4, 0.5) is 5.82 Å². The second kappa shape index (κ2) is 11.1. The smallest absolute Gasteiger partial charge is 0.225 e. The van der Waals surface area contributed by atoms with Crippen molar-refractivity contribution in [1.82, 2.24) is 10.3 Å². The van der Waals surface area contributed by atoms with Crippen molar-refractivity contribution in [3.8, 4) is 0 Å². The van der Waals surface area contributed by atoms with E-state index in [1.165, 1.54) is 12.8 Å². The van der Waals surface area contributed by atoms with Crippen LogP contribution in [-0.2, 0) is 11.3 Å². The van der Waals surface area contributed by atoms with E-state index in [2.05, 4.69) is 21.3 Å². The number of nitrogens with one attached hydrogen (secondary N) is 1. The first-order chi connectivity index (χ1) is 12.1.